The van der Waals surface area contributed by atoms with Gasteiger partial charge in [-0.2, -0.15) is 0 Å². The number of carbonyl (C=O) groups excluding carboxylic acids is 1. The van der Waals surface area contributed by atoms with Crippen LogP contribution in [0.1, 0.15) is 24.8 Å². The van der Waals surface area contributed by atoms with Crippen LogP contribution in [0.4, 0.5) is 0 Å². The molecule has 1 aromatic carbocycles. The fraction of sp³-hybridized carbons (Fsp3) is 0.632. The summed E-state index contributed by atoms with van der Waals surface area (Å²) in [7, 11) is 3.85. The number of benzene rings is 1. The second kappa shape index (κ2) is 7.99. The Hall–Kier alpha value is -1.59. The second-order valence-electron chi connectivity index (χ2n) is 7.08. The Balaban J connectivity index is 1.44. The molecule has 1 aromatic rings. The molecule has 0 radical (unpaired) electrons. The molecule has 5 nitrogen and oxygen atoms in total. The molecule has 2 saturated heterocycles. The van der Waals surface area contributed by atoms with Crippen molar-refractivity contribution < 1.29 is 9.53 Å². The minimum absolute atomic E-state index is 0.286. The third-order valence-electron chi connectivity index (χ3n) is 5.23. The summed E-state index contributed by atoms with van der Waals surface area (Å²) in [5.74, 6) is 1.16. The van der Waals surface area contributed by atoms with Gasteiger partial charge in [-0.3, -0.25) is 4.79 Å². The van der Waals surface area contributed by atoms with Gasteiger partial charge in [0.15, 0.2) is 0 Å². The van der Waals surface area contributed by atoms with E-state index in [1.54, 1.807) is 7.11 Å². The summed E-state index contributed by atoms with van der Waals surface area (Å²) >= 11 is 0. The summed E-state index contributed by atoms with van der Waals surface area (Å²) < 4.78 is 5.18. The molecule has 2 aliphatic rings. The first-order chi connectivity index (χ1) is 11.6. The summed E-state index contributed by atoms with van der Waals surface area (Å²) in [6.07, 6.45) is 3.92. The zero-order valence-corrected chi connectivity index (χ0v) is 14.8. The minimum Gasteiger partial charge on any atom is -0.497 e. The molecule has 0 saturated carbocycles. The van der Waals surface area contributed by atoms with E-state index in [0.29, 0.717) is 18.5 Å². The summed E-state index contributed by atoms with van der Waals surface area (Å²) in [5, 5.41) is 3.71. The quantitative estimate of drug-likeness (QED) is 0.858. The molecule has 2 aliphatic heterocycles. The highest BCUT2D eigenvalue weighted by Crippen LogP contribution is 2.17. The molecule has 1 N–H and O–H groups in total. The number of piperidine rings is 1. The Kier molecular flexibility index (Phi) is 5.74. The predicted molar refractivity (Wildman–Crippen MR) is 95.3 cm³/mol. The number of nitrogens with one attached hydrogen (secondary N) is 1. The first-order valence-corrected chi connectivity index (χ1v) is 8.99. The van der Waals surface area contributed by atoms with E-state index in [1.807, 2.05) is 17.0 Å². The molecular formula is C19H29N3O2. The van der Waals surface area contributed by atoms with Crippen molar-refractivity contribution in [2.75, 3.05) is 40.3 Å². The van der Waals surface area contributed by atoms with Crippen LogP contribution in [0.3, 0.4) is 0 Å². The van der Waals surface area contributed by atoms with Crippen molar-refractivity contribution in [2.24, 2.45) is 0 Å². The number of carbonyl (C=O) groups is 1. The van der Waals surface area contributed by atoms with E-state index < -0.39 is 0 Å². The van der Waals surface area contributed by atoms with Crippen molar-refractivity contribution >= 4 is 5.91 Å². The Labute approximate surface area is 145 Å². The third-order valence-corrected chi connectivity index (χ3v) is 5.23. The van der Waals surface area contributed by atoms with E-state index in [4.69, 9.17) is 4.74 Å². The van der Waals surface area contributed by atoms with Crippen LogP contribution in [-0.4, -0.2) is 68.1 Å². The van der Waals surface area contributed by atoms with Crippen molar-refractivity contribution in [3.8, 4) is 5.75 Å². The molecule has 0 aliphatic carbocycles. The Morgan fingerprint density at radius 3 is 2.54 bits per heavy atom. The van der Waals surface area contributed by atoms with E-state index in [0.717, 1.165) is 38.3 Å². The maximum atomic E-state index is 12.3. The highest BCUT2D eigenvalue weighted by molar-refractivity contribution is 5.79. The van der Waals surface area contributed by atoms with Gasteiger partial charge in [0.25, 0.3) is 0 Å². The zero-order chi connectivity index (χ0) is 16.9. The van der Waals surface area contributed by atoms with Crippen LogP contribution in [-0.2, 0) is 11.2 Å². The molecule has 3 rings (SSSR count). The van der Waals surface area contributed by atoms with Crippen LogP contribution < -0.4 is 10.1 Å². The molecule has 2 fully saturated rings. The maximum Gasteiger partial charge on any atom is 0.224 e. The normalized spacial score (nSPS) is 23.0. The summed E-state index contributed by atoms with van der Waals surface area (Å²) in [5.41, 5.74) is 1.25. The number of hydrogen-bond donors (Lipinski definition) is 1. The van der Waals surface area contributed by atoms with Crippen molar-refractivity contribution in [3.63, 3.8) is 0 Å². The van der Waals surface area contributed by atoms with Gasteiger partial charge in [-0.25, -0.2) is 0 Å². The number of nitrogens with zero attached hydrogens (tertiary/aromatic N) is 2. The lowest BCUT2D eigenvalue weighted by Crippen LogP contribution is -2.46. The minimum atomic E-state index is 0.286. The van der Waals surface area contributed by atoms with Crippen LogP contribution in [0.2, 0.25) is 0 Å². The van der Waals surface area contributed by atoms with Crippen molar-refractivity contribution in [2.45, 2.75) is 37.8 Å². The number of hydrogen-bond acceptors (Lipinski definition) is 4. The molecule has 0 aromatic heterocycles. The van der Waals surface area contributed by atoms with Gasteiger partial charge in [-0.15, -0.1) is 0 Å². The van der Waals surface area contributed by atoms with Crippen LogP contribution in [0.15, 0.2) is 24.3 Å². The lowest BCUT2D eigenvalue weighted by atomic mass is 10.0. The van der Waals surface area contributed by atoms with E-state index >= 15 is 0 Å². The van der Waals surface area contributed by atoms with Gasteiger partial charge in [0.1, 0.15) is 5.75 Å². The smallest absolute Gasteiger partial charge is 0.224 e. The Morgan fingerprint density at radius 1 is 1.17 bits per heavy atom. The van der Waals surface area contributed by atoms with Crippen LogP contribution >= 0.6 is 0 Å². The monoisotopic (exact) mass is 331 g/mol. The molecule has 24 heavy (non-hydrogen) atoms. The lowest BCUT2D eigenvalue weighted by Gasteiger charge is -2.31. The number of likely N-dealkylation sites (tertiary alicyclic amines) is 2. The Morgan fingerprint density at radius 2 is 1.88 bits per heavy atom. The molecule has 2 heterocycles. The largest absolute Gasteiger partial charge is 0.497 e. The van der Waals surface area contributed by atoms with Crippen molar-refractivity contribution in [1.82, 2.24) is 15.1 Å². The molecular weight excluding hydrogens is 302 g/mol. The van der Waals surface area contributed by atoms with Crippen molar-refractivity contribution in [3.05, 3.63) is 29.8 Å². The molecule has 0 unspecified atom stereocenters. The van der Waals surface area contributed by atoms with Gasteiger partial charge in [0, 0.05) is 31.6 Å². The van der Waals surface area contributed by atoms with E-state index in [9.17, 15) is 4.79 Å². The predicted octanol–water partition coefficient (Wildman–Crippen LogP) is 1.52. The highest BCUT2D eigenvalue weighted by atomic mass is 16.5. The van der Waals surface area contributed by atoms with Crippen LogP contribution in [0.5, 0.6) is 5.75 Å². The molecule has 0 bridgehead atoms. The van der Waals surface area contributed by atoms with Gasteiger partial charge in [-0.1, -0.05) is 12.1 Å². The zero-order valence-electron chi connectivity index (χ0n) is 14.8. The maximum absolute atomic E-state index is 12.3. The fourth-order valence-electron chi connectivity index (χ4n) is 3.66. The average molecular weight is 331 g/mol. The number of rotatable bonds is 6. The SMILES string of the molecule is COc1ccc(CCN2C[C@H](NC3CCN(C)CC3)CC2=O)cc1. The number of amides is 1. The van der Waals surface area contributed by atoms with E-state index in [-0.39, 0.29) is 5.91 Å². The highest BCUT2D eigenvalue weighted by Gasteiger charge is 2.31. The standard InChI is InChI=1S/C19H29N3O2/c1-21-10-8-16(9-11-21)20-17-13-19(23)22(14-17)12-7-15-3-5-18(24-2)6-4-15/h3-6,16-17,20H,7-14H2,1-2H3/t17-/m1/s1. The Bertz CT molecular complexity index is 538. The molecule has 1 amide bonds. The second-order valence-corrected chi connectivity index (χ2v) is 7.08. The molecule has 5 heteroatoms. The van der Waals surface area contributed by atoms with E-state index in [1.165, 1.54) is 18.4 Å². The first kappa shape index (κ1) is 17.2. The third kappa shape index (κ3) is 4.48. The van der Waals surface area contributed by atoms with Gasteiger partial charge in [-0.05, 0) is 57.1 Å². The summed E-state index contributed by atoms with van der Waals surface area (Å²) in [6.45, 7) is 3.96. The fourth-order valence-corrected chi connectivity index (χ4v) is 3.66. The molecule has 0 spiro atoms. The van der Waals surface area contributed by atoms with Crippen LogP contribution in [0.25, 0.3) is 0 Å². The first-order valence-electron chi connectivity index (χ1n) is 8.99. The topological polar surface area (TPSA) is 44.8 Å². The molecule has 132 valence electrons. The molecule has 1 atom stereocenters. The van der Waals surface area contributed by atoms with Gasteiger partial charge in [0.05, 0.1) is 7.11 Å². The van der Waals surface area contributed by atoms with Gasteiger partial charge in [0.2, 0.25) is 5.91 Å². The van der Waals surface area contributed by atoms with Gasteiger partial charge >= 0.3 is 0 Å². The number of ether oxygens (including phenoxy) is 1. The average Bonchev–Trinajstić information content (AvgIpc) is 2.95. The summed E-state index contributed by atoms with van der Waals surface area (Å²) in [6, 6.07) is 9.00. The number of methoxy groups -OCH3 is 1. The van der Waals surface area contributed by atoms with Crippen LogP contribution in [0, 0.1) is 0 Å². The van der Waals surface area contributed by atoms with E-state index in [2.05, 4.69) is 29.4 Å². The lowest BCUT2D eigenvalue weighted by molar-refractivity contribution is -0.127. The summed E-state index contributed by atoms with van der Waals surface area (Å²) in [4.78, 5) is 16.6. The van der Waals surface area contributed by atoms with Gasteiger partial charge < -0.3 is 19.9 Å². The van der Waals surface area contributed by atoms with Crippen molar-refractivity contribution in [1.29, 1.82) is 0 Å².